The van der Waals surface area contributed by atoms with Crippen LogP contribution in [0.25, 0.3) is 0 Å². The van der Waals surface area contributed by atoms with Gasteiger partial charge in [0.05, 0.1) is 16.9 Å². The van der Waals surface area contributed by atoms with Crippen molar-refractivity contribution in [2.24, 2.45) is 5.41 Å². The van der Waals surface area contributed by atoms with E-state index in [2.05, 4.69) is 0 Å². The summed E-state index contributed by atoms with van der Waals surface area (Å²) < 4.78 is 5.10. The van der Waals surface area contributed by atoms with Crippen LogP contribution in [0.4, 0.5) is 0 Å². The fourth-order valence-electron chi connectivity index (χ4n) is 3.72. The molecule has 1 aromatic rings. The Bertz CT molecular complexity index is 560. The number of methoxy groups -OCH3 is 1. The molecule has 0 unspecified atom stereocenters. The number of carbonyl (C=O) groups excluding carboxylic acids is 2. The molecule has 2 amide bonds. The fraction of sp³-hybridized carbons (Fsp3) is 0.647. The van der Waals surface area contributed by atoms with E-state index in [1.807, 2.05) is 27.3 Å². The zero-order valence-corrected chi connectivity index (χ0v) is 14.4. The minimum absolute atomic E-state index is 0.110. The largest absolute Gasteiger partial charge is 0.383 e. The van der Waals surface area contributed by atoms with Crippen LogP contribution in [0.2, 0.25) is 0 Å². The lowest BCUT2D eigenvalue weighted by Gasteiger charge is -2.26. The van der Waals surface area contributed by atoms with Gasteiger partial charge < -0.3 is 14.5 Å². The topological polar surface area (TPSA) is 49.9 Å². The minimum Gasteiger partial charge on any atom is -0.383 e. The van der Waals surface area contributed by atoms with Crippen molar-refractivity contribution >= 4 is 23.2 Å². The summed E-state index contributed by atoms with van der Waals surface area (Å²) in [5.41, 5.74) is -0.252. The van der Waals surface area contributed by atoms with Gasteiger partial charge in [-0.15, -0.1) is 11.3 Å². The Morgan fingerprint density at radius 2 is 2.13 bits per heavy atom. The zero-order chi connectivity index (χ0) is 16.3. The van der Waals surface area contributed by atoms with Crippen molar-refractivity contribution in [1.29, 1.82) is 0 Å². The molecule has 6 heteroatoms. The first-order chi connectivity index (χ1) is 11.2. The van der Waals surface area contributed by atoms with Crippen LogP contribution >= 0.6 is 11.3 Å². The van der Waals surface area contributed by atoms with Crippen LogP contribution in [0.5, 0.6) is 0 Å². The van der Waals surface area contributed by atoms with Gasteiger partial charge in [-0.1, -0.05) is 6.07 Å². The molecule has 5 nitrogen and oxygen atoms in total. The van der Waals surface area contributed by atoms with Crippen molar-refractivity contribution in [3.63, 3.8) is 0 Å². The third-order valence-corrected chi connectivity index (χ3v) is 5.99. The van der Waals surface area contributed by atoms with Gasteiger partial charge in [-0.3, -0.25) is 9.59 Å². The van der Waals surface area contributed by atoms with Crippen molar-refractivity contribution < 1.29 is 14.3 Å². The van der Waals surface area contributed by atoms with Crippen molar-refractivity contribution in [1.82, 2.24) is 9.80 Å². The molecule has 0 aliphatic carbocycles. The third kappa shape index (κ3) is 3.28. The quantitative estimate of drug-likeness (QED) is 0.847. The molecule has 1 aromatic heterocycles. The lowest BCUT2D eigenvalue weighted by atomic mass is 9.79. The normalized spacial score (nSPS) is 25.2. The Morgan fingerprint density at radius 3 is 2.87 bits per heavy atom. The number of ether oxygens (including phenoxy) is 1. The van der Waals surface area contributed by atoms with E-state index in [-0.39, 0.29) is 17.2 Å². The number of hydrogen-bond donors (Lipinski definition) is 0. The Kier molecular flexibility index (Phi) is 5.02. The van der Waals surface area contributed by atoms with Crippen molar-refractivity contribution in [2.45, 2.75) is 25.7 Å². The van der Waals surface area contributed by atoms with E-state index in [1.165, 1.54) is 11.3 Å². The fourth-order valence-corrected chi connectivity index (χ4v) is 4.42. The molecular weight excluding hydrogens is 312 g/mol. The van der Waals surface area contributed by atoms with E-state index in [4.69, 9.17) is 4.74 Å². The molecule has 0 radical (unpaired) electrons. The van der Waals surface area contributed by atoms with E-state index in [0.29, 0.717) is 19.7 Å². The summed E-state index contributed by atoms with van der Waals surface area (Å²) in [5.74, 6) is 0.374. The monoisotopic (exact) mass is 336 g/mol. The molecule has 2 aliphatic heterocycles. The molecule has 0 aromatic carbocycles. The molecule has 2 aliphatic rings. The van der Waals surface area contributed by atoms with Crippen molar-refractivity contribution in [3.05, 3.63) is 22.4 Å². The first-order valence-electron chi connectivity index (χ1n) is 8.27. The number of thiophene rings is 1. The highest BCUT2D eigenvalue weighted by molar-refractivity contribution is 7.12. The minimum atomic E-state index is -0.252. The average molecular weight is 336 g/mol. The highest BCUT2D eigenvalue weighted by Gasteiger charge is 2.47. The second-order valence-corrected chi connectivity index (χ2v) is 7.39. The number of carbonyl (C=O) groups is 2. The van der Waals surface area contributed by atoms with Crippen LogP contribution in [0.15, 0.2) is 17.5 Å². The SMILES string of the molecule is COCCN1CC[C@]2(CCCN(C(=O)c3cccs3)CC2)C1=O. The van der Waals surface area contributed by atoms with Crippen LogP contribution < -0.4 is 0 Å². The molecule has 2 saturated heterocycles. The maximum atomic E-state index is 12.8. The molecule has 3 heterocycles. The standard InChI is InChI=1S/C17H24N2O3S/c1-22-12-11-19-10-7-17(16(19)21)5-3-8-18(9-6-17)15(20)14-4-2-13-23-14/h2,4,13H,3,5-12H2,1H3/t17-/m1/s1. The summed E-state index contributed by atoms with van der Waals surface area (Å²) in [5, 5.41) is 1.93. The molecule has 126 valence electrons. The summed E-state index contributed by atoms with van der Waals surface area (Å²) in [7, 11) is 1.66. The van der Waals surface area contributed by atoms with Crippen LogP contribution in [0, 0.1) is 5.41 Å². The van der Waals surface area contributed by atoms with E-state index in [0.717, 1.165) is 43.6 Å². The second kappa shape index (κ2) is 7.01. The molecule has 1 atom stereocenters. The molecule has 1 spiro atoms. The van der Waals surface area contributed by atoms with E-state index < -0.39 is 0 Å². The Morgan fingerprint density at radius 1 is 1.30 bits per heavy atom. The maximum Gasteiger partial charge on any atom is 0.263 e. The molecule has 0 bridgehead atoms. The Labute approximate surface area is 141 Å². The van der Waals surface area contributed by atoms with Crippen LogP contribution in [0.3, 0.4) is 0 Å². The maximum absolute atomic E-state index is 12.8. The smallest absolute Gasteiger partial charge is 0.263 e. The third-order valence-electron chi connectivity index (χ3n) is 5.13. The predicted molar refractivity (Wildman–Crippen MR) is 89.6 cm³/mol. The van der Waals surface area contributed by atoms with Gasteiger partial charge in [0.15, 0.2) is 0 Å². The second-order valence-electron chi connectivity index (χ2n) is 6.44. The first-order valence-corrected chi connectivity index (χ1v) is 9.15. The van der Waals surface area contributed by atoms with Crippen LogP contribution in [-0.2, 0) is 9.53 Å². The van der Waals surface area contributed by atoms with Crippen LogP contribution in [-0.4, -0.2) is 61.5 Å². The summed E-state index contributed by atoms with van der Waals surface area (Å²) in [6.45, 7) is 3.52. The molecule has 3 rings (SSSR count). The van der Waals surface area contributed by atoms with Gasteiger partial charge in [0.25, 0.3) is 5.91 Å². The van der Waals surface area contributed by atoms with Gasteiger partial charge >= 0.3 is 0 Å². The number of amides is 2. The summed E-state index contributed by atoms with van der Waals surface area (Å²) >= 11 is 1.48. The van der Waals surface area contributed by atoms with Crippen molar-refractivity contribution in [3.8, 4) is 0 Å². The highest BCUT2D eigenvalue weighted by atomic mass is 32.1. The van der Waals surface area contributed by atoms with E-state index in [1.54, 1.807) is 7.11 Å². The molecule has 0 N–H and O–H groups in total. The summed E-state index contributed by atoms with van der Waals surface area (Å²) in [6.07, 6.45) is 3.49. The molecular formula is C17H24N2O3S. The molecule has 0 saturated carbocycles. The Hall–Kier alpha value is -1.40. The molecule has 2 fully saturated rings. The average Bonchev–Trinajstić information content (AvgIpc) is 3.12. The number of likely N-dealkylation sites (tertiary alicyclic amines) is 2. The first kappa shape index (κ1) is 16.5. The molecule has 23 heavy (non-hydrogen) atoms. The van der Waals surface area contributed by atoms with E-state index >= 15 is 0 Å². The van der Waals surface area contributed by atoms with Gasteiger partial charge in [-0.25, -0.2) is 0 Å². The number of rotatable bonds is 4. The van der Waals surface area contributed by atoms with Gasteiger partial charge in [-0.2, -0.15) is 0 Å². The van der Waals surface area contributed by atoms with Crippen molar-refractivity contribution in [2.75, 3.05) is 39.9 Å². The highest BCUT2D eigenvalue weighted by Crippen LogP contribution is 2.41. The van der Waals surface area contributed by atoms with Gasteiger partial charge in [0.2, 0.25) is 5.91 Å². The lowest BCUT2D eigenvalue weighted by Crippen LogP contribution is -2.37. The van der Waals surface area contributed by atoms with Gasteiger partial charge in [-0.05, 0) is 37.1 Å². The number of nitrogens with zero attached hydrogens (tertiary/aromatic N) is 2. The Balaban J connectivity index is 1.64. The lowest BCUT2D eigenvalue weighted by molar-refractivity contribution is -0.137. The zero-order valence-electron chi connectivity index (χ0n) is 13.6. The van der Waals surface area contributed by atoms with Gasteiger partial charge in [0.1, 0.15) is 0 Å². The number of hydrogen-bond acceptors (Lipinski definition) is 4. The predicted octanol–water partition coefficient (Wildman–Crippen LogP) is 2.24. The summed E-state index contributed by atoms with van der Waals surface area (Å²) in [4.78, 5) is 30.0. The van der Waals surface area contributed by atoms with Gasteiger partial charge in [0, 0.05) is 33.3 Å². The van der Waals surface area contributed by atoms with E-state index in [9.17, 15) is 9.59 Å². The van der Waals surface area contributed by atoms with Crippen LogP contribution in [0.1, 0.15) is 35.4 Å². The summed E-state index contributed by atoms with van der Waals surface area (Å²) in [6, 6.07) is 3.78.